The second-order valence-corrected chi connectivity index (χ2v) is 8.50. The molecule has 1 fully saturated rings. The van der Waals surface area contributed by atoms with Crippen molar-refractivity contribution in [2.24, 2.45) is 0 Å². The number of aliphatic hydroxyl groups excluding tert-OH is 1. The number of rotatable bonds is 4. The van der Waals surface area contributed by atoms with Gasteiger partial charge in [0.1, 0.15) is 11.8 Å². The number of hydrogen-bond donors (Lipinski definition) is 1. The van der Waals surface area contributed by atoms with Crippen LogP contribution in [0.2, 0.25) is 10.0 Å². The average molecular weight is 483 g/mol. The number of nitrogens with zero attached hydrogens (tertiary/aromatic N) is 2. The van der Waals surface area contributed by atoms with E-state index in [2.05, 4.69) is 4.98 Å². The van der Waals surface area contributed by atoms with Gasteiger partial charge in [-0.1, -0.05) is 47.0 Å². The Morgan fingerprint density at radius 3 is 2.33 bits per heavy atom. The number of halogens is 2. The van der Waals surface area contributed by atoms with Crippen LogP contribution in [-0.2, 0) is 9.59 Å². The Balaban J connectivity index is 1.97. The molecule has 33 heavy (non-hydrogen) atoms. The maximum atomic E-state index is 13.2. The molecule has 2 heterocycles. The molecule has 2 aromatic carbocycles. The van der Waals surface area contributed by atoms with Crippen LogP contribution in [0.3, 0.4) is 0 Å². The molecule has 8 heteroatoms. The van der Waals surface area contributed by atoms with Crippen LogP contribution in [0.1, 0.15) is 28.4 Å². The summed E-state index contributed by atoms with van der Waals surface area (Å²) < 4.78 is 5.16. The summed E-state index contributed by atoms with van der Waals surface area (Å²) in [7, 11) is 1.42. The molecule has 6 nitrogen and oxygen atoms in total. The number of carbonyl (C=O) groups excluding carboxylic acids is 2. The number of amides is 1. The fourth-order valence-corrected chi connectivity index (χ4v) is 4.66. The zero-order valence-electron chi connectivity index (χ0n) is 18.1. The van der Waals surface area contributed by atoms with E-state index in [1.54, 1.807) is 30.5 Å². The Hall–Kier alpha value is -3.35. The standard InChI is InChI=1S/C25H20Cl2N2O4/c1-13-7-8-19(14(2)10-13)29-21(18-6-4-5-9-28-18)20(23(31)25(29)32)22(30)15-11-16(26)24(33-3)17(27)12-15/h4-12,21,30H,1-3H3/b22-20+. The zero-order valence-corrected chi connectivity index (χ0v) is 19.6. The number of hydrogen-bond acceptors (Lipinski definition) is 5. The van der Waals surface area contributed by atoms with Crippen molar-refractivity contribution in [3.63, 3.8) is 0 Å². The first kappa shape index (κ1) is 22.8. The van der Waals surface area contributed by atoms with Crippen molar-refractivity contribution in [3.05, 3.63) is 92.7 Å². The van der Waals surface area contributed by atoms with Gasteiger partial charge >= 0.3 is 0 Å². The molecule has 168 valence electrons. The molecule has 1 aliphatic heterocycles. The molecule has 1 N–H and O–H groups in total. The summed E-state index contributed by atoms with van der Waals surface area (Å²) in [5.74, 6) is -1.74. The van der Waals surface area contributed by atoms with E-state index >= 15 is 0 Å². The third kappa shape index (κ3) is 3.96. The number of pyridine rings is 1. The molecule has 0 saturated carbocycles. The van der Waals surface area contributed by atoms with Gasteiger partial charge in [0.25, 0.3) is 11.7 Å². The summed E-state index contributed by atoms with van der Waals surface area (Å²) >= 11 is 12.5. The van der Waals surface area contributed by atoms with Gasteiger partial charge < -0.3 is 9.84 Å². The summed E-state index contributed by atoms with van der Waals surface area (Å²) in [6.07, 6.45) is 1.57. The minimum Gasteiger partial charge on any atom is -0.507 e. The molecule has 1 unspecified atom stereocenters. The first-order valence-electron chi connectivity index (χ1n) is 10.1. The van der Waals surface area contributed by atoms with Crippen LogP contribution in [0.4, 0.5) is 5.69 Å². The number of aryl methyl sites for hydroxylation is 2. The minimum atomic E-state index is -0.938. The van der Waals surface area contributed by atoms with Crippen molar-refractivity contribution < 1.29 is 19.4 Å². The highest BCUT2D eigenvalue weighted by Crippen LogP contribution is 2.44. The molecular weight excluding hydrogens is 463 g/mol. The quantitative estimate of drug-likeness (QED) is 0.295. The number of carbonyl (C=O) groups is 2. The van der Waals surface area contributed by atoms with Crippen LogP contribution in [0.5, 0.6) is 5.75 Å². The maximum absolute atomic E-state index is 13.2. The van der Waals surface area contributed by atoms with Gasteiger partial charge in [-0.25, -0.2) is 0 Å². The fourth-order valence-electron chi connectivity index (χ4n) is 4.02. The number of methoxy groups -OCH3 is 1. The summed E-state index contributed by atoms with van der Waals surface area (Å²) in [5.41, 5.74) is 2.91. The van der Waals surface area contributed by atoms with Crippen LogP contribution >= 0.6 is 23.2 Å². The second kappa shape index (κ2) is 8.89. The highest BCUT2D eigenvalue weighted by atomic mass is 35.5. The summed E-state index contributed by atoms with van der Waals surface area (Å²) in [6.45, 7) is 3.80. The van der Waals surface area contributed by atoms with E-state index in [1.807, 2.05) is 26.0 Å². The first-order valence-corrected chi connectivity index (χ1v) is 10.8. The van der Waals surface area contributed by atoms with Gasteiger partial charge in [-0.3, -0.25) is 19.5 Å². The monoisotopic (exact) mass is 482 g/mol. The molecule has 0 bridgehead atoms. The van der Waals surface area contributed by atoms with Crippen molar-refractivity contribution in [2.45, 2.75) is 19.9 Å². The van der Waals surface area contributed by atoms with E-state index in [0.717, 1.165) is 11.1 Å². The van der Waals surface area contributed by atoms with Gasteiger partial charge in [0.15, 0.2) is 5.75 Å². The van der Waals surface area contributed by atoms with Crippen LogP contribution in [0, 0.1) is 13.8 Å². The summed E-state index contributed by atoms with van der Waals surface area (Å²) in [5, 5.41) is 11.5. The molecule has 0 radical (unpaired) electrons. The van der Waals surface area contributed by atoms with E-state index in [9.17, 15) is 14.7 Å². The van der Waals surface area contributed by atoms with Crippen molar-refractivity contribution in [1.29, 1.82) is 0 Å². The molecule has 1 atom stereocenters. The van der Waals surface area contributed by atoms with Crippen molar-refractivity contribution in [3.8, 4) is 5.75 Å². The number of aromatic nitrogens is 1. The van der Waals surface area contributed by atoms with Crippen LogP contribution in [0.25, 0.3) is 5.76 Å². The second-order valence-electron chi connectivity index (χ2n) is 7.69. The molecule has 1 aliphatic rings. The molecule has 1 saturated heterocycles. The zero-order chi connectivity index (χ0) is 23.9. The molecule has 4 rings (SSSR count). The SMILES string of the molecule is COc1c(Cl)cc(/C(O)=C2\C(=O)C(=O)N(c3ccc(C)cc3C)C2c2ccccn2)cc1Cl. The number of ether oxygens (including phenoxy) is 1. The third-order valence-corrected chi connectivity index (χ3v) is 6.06. The number of ketones is 1. The predicted octanol–water partition coefficient (Wildman–Crippen LogP) is 5.64. The smallest absolute Gasteiger partial charge is 0.300 e. The number of benzene rings is 2. The molecule has 0 spiro atoms. The highest BCUT2D eigenvalue weighted by molar-refractivity contribution is 6.52. The lowest BCUT2D eigenvalue weighted by Crippen LogP contribution is -2.30. The van der Waals surface area contributed by atoms with Crippen LogP contribution in [-0.4, -0.2) is 28.9 Å². The molecule has 1 amide bonds. The van der Waals surface area contributed by atoms with E-state index in [-0.39, 0.29) is 26.9 Å². The molecular formula is C25H20Cl2N2O4. The normalized spacial score (nSPS) is 17.5. The van der Waals surface area contributed by atoms with E-state index < -0.39 is 23.5 Å². The third-order valence-electron chi connectivity index (χ3n) is 5.50. The lowest BCUT2D eigenvalue weighted by atomic mass is 9.97. The number of Topliss-reactive ketones (excluding diaryl/α,β-unsaturated/α-hetero) is 1. The largest absolute Gasteiger partial charge is 0.507 e. The van der Waals surface area contributed by atoms with Gasteiger partial charge in [0.05, 0.1) is 28.4 Å². The van der Waals surface area contributed by atoms with Gasteiger partial charge in [0.2, 0.25) is 0 Å². The lowest BCUT2D eigenvalue weighted by molar-refractivity contribution is -0.132. The Morgan fingerprint density at radius 1 is 1.06 bits per heavy atom. The van der Waals surface area contributed by atoms with E-state index in [0.29, 0.717) is 11.4 Å². The van der Waals surface area contributed by atoms with E-state index in [1.165, 1.54) is 24.1 Å². The van der Waals surface area contributed by atoms with Gasteiger partial charge in [-0.15, -0.1) is 0 Å². The molecule has 1 aromatic heterocycles. The maximum Gasteiger partial charge on any atom is 0.300 e. The topological polar surface area (TPSA) is 79.7 Å². The van der Waals surface area contributed by atoms with Crippen LogP contribution < -0.4 is 9.64 Å². The van der Waals surface area contributed by atoms with E-state index in [4.69, 9.17) is 27.9 Å². The molecule has 0 aliphatic carbocycles. The first-order chi connectivity index (χ1) is 15.7. The summed E-state index contributed by atoms with van der Waals surface area (Å²) in [6, 6.07) is 12.7. The fraction of sp³-hybridized carbons (Fsp3) is 0.160. The average Bonchev–Trinajstić information content (AvgIpc) is 3.04. The minimum absolute atomic E-state index is 0.101. The van der Waals surface area contributed by atoms with Gasteiger partial charge in [-0.2, -0.15) is 0 Å². The predicted molar refractivity (Wildman–Crippen MR) is 128 cm³/mol. The summed E-state index contributed by atoms with van der Waals surface area (Å²) in [4.78, 5) is 32.2. The highest BCUT2D eigenvalue weighted by Gasteiger charge is 2.48. The Labute approximate surface area is 201 Å². The Morgan fingerprint density at radius 2 is 1.76 bits per heavy atom. The Bertz CT molecular complexity index is 1280. The molecule has 3 aromatic rings. The van der Waals surface area contributed by atoms with Gasteiger partial charge in [-0.05, 0) is 49.7 Å². The van der Waals surface area contributed by atoms with Crippen molar-refractivity contribution in [1.82, 2.24) is 4.98 Å². The van der Waals surface area contributed by atoms with Crippen molar-refractivity contribution in [2.75, 3.05) is 12.0 Å². The van der Waals surface area contributed by atoms with Crippen molar-refractivity contribution >= 4 is 46.3 Å². The lowest BCUT2D eigenvalue weighted by Gasteiger charge is -2.26. The number of anilines is 1. The van der Waals surface area contributed by atoms with Gasteiger partial charge in [0, 0.05) is 17.4 Å². The number of aliphatic hydroxyl groups is 1. The van der Waals surface area contributed by atoms with Crippen LogP contribution in [0.15, 0.2) is 60.3 Å². The Kier molecular flexibility index (Phi) is 6.15.